The summed E-state index contributed by atoms with van der Waals surface area (Å²) < 4.78 is 0. The van der Waals surface area contributed by atoms with E-state index >= 15 is 0 Å². The Bertz CT molecular complexity index is 357. The van der Waals surface area contributed by atoms with Gasteiger partial charge in [0.2, 0.25) is 0 Å². The van der Waals surface area contributed by atoms with Gasteiger partial charge in [-0.2, -0.15) is 0 Å². The molecule has 0 amide bonds. The van der Waals surface area contributed by atoms with Crippen molar-refractivity contribution in [1.82, 2.24) is 5.32 Å². The topological polar surface area (TPSA) is 12.0 Å². The molecule has 2 rings (SSSR count). The fourth-order valence-corrected chi connectivity index (χ4v) is 2.00. The lowest BCUT2D eigenvalue weighted by atomic mass is 10.0. The van der Waals surface area contributed by atoms with Crippen LogP contribution in [0.1, 0.15) is 17.5 Å². The maximum atomic E-state index is 5.95. The Hall–Kier alpha value is -0.790. The van der Waals surface area contributed by atoms with Gasteiger partial charge in [0.1, 0.15) is 0 Å². The zero-order chi connectivity index (χ0) is 9.97. The predicted molar refractivity (Wildman–Crippen MR) is 61.7 cm³/mol. The van der Waals surface area contributed by atoms with Crippen molar-refractivity contribution in [3.63, 3.8) is 0 Å². The van der Waals surface area contributed by atoms with Crippen LogP contribution in [-0.4, -0.2) is 13.1 Å². The van der Waals surface area contributed by atoms with Crippen LogP contribution in [0.15, 0.2) is 24.3 Å². The highest BCUT2D eigenvalue weighted by molar-refractivity contribution is 6.30. The molecule has 1 aliphatic rings. The van der Waals surface area contributed by atoms with E-state index in [2.05, 4.69) is 23.5 Å². The maximum Gasteiger partial charge on any atom is 0.0412 e. The fourth-order valence-electron chi connectivity index (χ4n) is 1.82. The average molecular weight is 208 g/mol. The van der Waals surface area contributed by atoms with Gasteiger partial charge in [0.15, 0.2) is 0 Å². The van der Waals surface area contributed by atoms with Crippen LogP contribution in [0.5, 0.6) is 0 Å². The first-order valence-corrected chi connectivity index (χ1v) is 5.31. The highest BCUT2D eigenvalue weighted by Gasteiger charge is 2.09. The molecule has 0 saturated heterocycles. The van der Waals surface area contributed by atoms with Crippen molar-refractivity contribution in [3.8, 4) is 0 Å². The maximum absolute atomic E-state index is 5.95. The number of fused-ring (bicyclic) bond motifs is 1. The molecule has 1 unspecified atom stereocenters. The molecule has 14 heavy (non-hydrogen) atoms. The van der Waals surface area contributed by atoms with E-state index in [1.807, 2.05) is 19.2 Å². The Kier molecular flexibility index (Phi) is 2.90. The minimum atomic E-state index is 0.487. The normalized spacial score (nSPS) is 20.3. The molecule has 0 aromatic heterocycles. The summed E-state index contributed by atoms with van der Waals surface area (Å²) in [6.07, 6.45) is 6.64. The van der Waals surface area contributed by atoms with Crippen LogP contribution >= 0.6 is 11.6 Å². The average Bonchev–Trinajstić information content (AvgIpc) is 2.39. The Morgan fingerprint density at radius 3 is 3.07 bits per heavy atom. The van der Waals surface area contributed by atoms with Crippen LogP contribution in [0.4, 0.5) is 0 Å². The zero-order valence-electron chi connectivity index (χ0n) is 8.26. The fraction of sp³-hybridized carbons (Fsp3) is 0.333. The number of aryl methyl sites for hydroxylation is 1. The van der Waals surface area contributed by atoms with Crippen LogP contribution in [0.2, 0.25) is 5.02 Å². The second-order valence-electron chi connectivity index (χ2n) is 3.64. The standard InChI is InChI=1S/C12H14ClN/c1-14-12-6-3-9-2-5-11(13)8-10(9)4-7-12/h2,4-5,7-8,12,14H,3,6H2,1H3. The second kappa shape index (κ2) is 4.16. The molecule has 0 aliphatic heterocycles. The van der Waals surface area contributed by atoms with Crippen molar-refractivity contribution in [3.05, 3.63) is 40.4 Å². The lowest BCUT2D eigenvalue weighted by molar-refractivity contribution is 0.619. The molecule has 0 fully saturated rings. The largest absolute Gasteiger partial charge is 0.314 e. The summed E-state index contributed by atoms with van der Waals surface area (Å²) in [6, 6.07) is 6.61. The van der Waals surface area contributed by atoms with E-state index < -0.39 is 0 Å². The first kappa shape index (κ1) is 9.75. The molecule has 1 aromatic rings. The number of hydrogen-bond donors (Lipinski definition) is 1. The van der Waals surface area contributed by atoms with E-state index in [0.29, 0.717) is 6.04 Å². The number of nitrogens with one attached hydrogen (secondary N) is 1. The van der Waals surface area contributed by atoms with E-state index in [0.717, 1.165) is 17.9 Å². The van der Waals surface area contributed by atoms with Crippen molar-refractivity contribution >= 4 is 17.7 Å². The quantitative estimate of drug-likeness (QED) is 0.747. The van der Waals surface area contributed by atoms with E-state index in [-0.39, 0.29) is 0 Å². The number of rotatable bonds is 1. The highest BCUT2D eigenvalue weighted by Crippen LogP contribution is 2.22. The summed E-state index contributed by atoms with van der Waals surface area (Å²) in [5, 5.41) is 4.09. The van der Waals surface area contributed by atoms with Crippen LogP contribution in [0.25, 0.3) is 6.08 Å². The van der Waals surface area contributed by atoms with Gasteiger partial charge >= 0.3 is 0 Å². The second-order valence-corrected chi connectivity index (χ2v) is 4.07. The SMILES string of the molecule is CNC1C=Cc2cc(Cl)ccc2CC1. The predicted octanol–water partition coefficient (Wildman–Crippen LogP) is 2.89. The van der Waals surface area contributed by atoms with Crippen molar-refractivity contribution in [2.24, 2.45) is 0 Å². The molecule has 0 heterocycles. The van der Waals surface area contributed by atoms with E-state index in [9.17, 15) is 0 Å². The smallest absolute Gasteiger partial charge is 0.0412 e. The van der Waals surface area contributed by atoms with Gasteiger partial charge < -0.3 is 5.32 Å². The van der Waals surface area contributed by atoms with Crippen molar-refractivity contribution in [2.45, 2.75) is 18.9 Å². The molecule has 1 nitrogen and oxygen atoms in total. The molecule has 1 aromatic carbocycles. The first-order valence-electron chi connectivity index (χ1n) is 4.93. The summed E-state index contributed by atoms with van der Waals surface area (Å²) in [5.41, 5.74) is 2.65. The van der Waals surface area contributed by atoms with Gasteiger partial charge in [-0.05, 0) is 43.1 Å². The zero-order valence-corrected chi connectivity index (χ0v) is 9.01. The minimum Gasteiger partial charge on any atom is -0.314 e. The molecule has 0 bridgehead atoms. The van der Waals surface area contributed by atoms with Gasteiger partial charge in [-0.25, -0.2) is 0 Å². The van der Waals surface area contributed by atoms with Crippen LogP contribution in [0, 0.1) is 0 Å². The number of benzene rings is 1. The summed E-state index contributed by atoms with van der Waals surface area (Å²) in [4.78, 5) is 0. The third-order valence-electron chi connectivity index (χ3n) is 2.71. The van der Waals surface area contributed by atoms with Crippen molar-refractivity contribution < 1.29 is 0 Å². The Balaban J connectivity index is 2.32. The van der Waals surface area contributed by atoms with E-state index in [1.165, 1.54) is 11.1 Å². The van der Waals surface area contributed by atoms with Crippen LogP contribution in [0.3, 0.4) is 0 Å². The summed E-state index contributed by atoms with van der Waals surface area (Å²) in [6.45, 7) is 0. The van der Waals surface area contributed by atoms with Crippen molar-refractivity contribution in [1.29, 1.82) is 0 Å². The van der Waals surface area contributed by atoms with Gasteiger partial charge in [-0.1, -0.05) is 29.8 Å². The number of likely N-dealkylation sites (N-methyl/N-ethyl adjacent to an activating group) is 1. The molecule has 1 atom stereocenters. The molecule has 2 heteroatoms. The van der Waals surface area contributed by atoms with Gasteiger partial charge in [0.25, 0.3) is 0 Å². The van der Waals surface area contributed by atoms with E-state index in [1.54, 1.807) is 0 Å². The molecule has 0 radical (unpaired) electrons. The van der Waals surface area contributed by atoms with E-state index in [4.69, 9.17) is 11.6 Å². The Morgan fingerprint density at radius 2 is 2.29 bits per heavy atom. The molecular weight excluding hydrogens is 194 g/mol. The van der Waals surface area contributed by atoms with Crippen molar-refractivity contribution in [2.75, 3.05) is 7.05 Å². The molecule has 1 aliphatic carbocycles. The van der Waals surface area contributed by atoms with Crippen LogP contribution < -0.4 is 5.32 Å². The first-order chi connectivity index (χ1) is 6.79. The van der Waals surface area contributed by atoms with Gasteiger partial charge in [-0.3, -0.25) is 0 Å². The van der Waals surface area contributed by atoms with Crippen LogP contribution in [-0.2, 0) is 6.42 Å². The lowest BCUT2D eigenvalue weighted by Gasteiger charge is -2.08. The number of halogens is 1. The third kappa shape index (κ3) is 1.99. The van der Waals surface area contributed by atoms with Gasteiger partial charge in [0, 0.05) is 11.1 Å². The molecule has 0 spiro atoms. The lowest BCUT2D eigenvalue weighted by Crippen LogP contribution is -2.22. The monoisotopic (exact) mass is 207 g/mol. The Morgan fingerprint density at radius 1 is 1.43 bits per heavy atom. The minimum absolute atomic E-state index is 0.487. The summed E-state index contributed by atoms with van der Waals surface area (Å²) >= 11 is 5.95. The molecular formula is C12H14ClN. The molecule has 0 saturated carbocycles. The summed E-state index contributed by atoms with van der Waals surface area (Å²) in [7, 11) is 2.00. The highest BCUT2D eigenvalue weighted by atomic mass is 35.5. The molecule has 74 valence electrons. The number of hydrogen-bond acceptors (Lipinski definition) is 1. The van der Waals surface area contributed by atoms with Gasteiger partial charge in [0.05, 0.1) is 0 Å². The third-order valence-corrected chi connectivity index (χ3v) is 2.95. The summed E-state index contributed by atoms with van der Waals surface area (Å²) in [5.74, 6) is 0. The molecule has 1 N–H and O–H groups in total. The Labute approximate surface area is 89.8 Å². The van der Waals surface area contributed by atoms with Gasteiger partial charge in [-0.15, -0.1) is 0 Å².